The van der Waals surface area contributed by atoms with Gasteiger partial charge in [0.05, 0.1) is 24.0 Å². The Morgan fingerprint density at radius 3 is 2.70 bits per heavy atom. The number of esters is 1. The molecule has 10 heteroatoms. The number of nitrogens with zero attached hydrogens (tertiary/aromatic N) is 3. The number of benzene rings is 2. The molecule has 0 unspecified atom stereocenters. The molecule has 0 aliphatic rings. The fourth-order valence-electron chi connectivity index (χ4n) is 3.38. The number of carbonyl (C=O) groups is 1. The van der Waals surface area contributed by atoms with E-state index in [1.807, 2.05) is 30.3 Å². The molecule has 4 rings (SSSR count). The zero-order valence-corrected chi connectivity index (χ0v) is 18.7. The fourth-order valence-corrected chi connectivity index (χ4v) is 4.42. The Morgan fingerprint density at radius 1 is 1.18 bits per heavy atom. The number of nitrogens with one attached hydrogen (secondary N) is 1. The molecule has 0 fully saturated rings. The standard InChI is InChI=1S/C23H20N4O5S/c1-14-19-21(26-16-8-9-18(31-2)17(12-16)27(29)30)24-13-25-22(19)33-20(14)23(28)32-11-10-15-6-4-3-5-7-15/h3-9,12-13H,10-11H2,1-2H3,(H,24,25,26). The van der Waals surface area contributed by atoms with Gasteiger partial charge in [0.1, 0.15) is 21.9 Å². The molecule has 4 aromatic rings. The van der Waals surface area contributed by atoms with Crippen molar-refractivity contribution < 1.29 is 19.2 Å². The second kappa shape index (κ2) is 9.61. The smallest absolute Gasteiger partial charge is 0.348 e. The van der Waals surface area contributed by atoms with E-state index in [9.17, 15) is 14.9 Å². The molecule has 33 heavy (non-hydrogen) atoms. The van der Waals surface area contributed by atoms with Crippen molar-refractivity contribution in [2.24, 2.45) is 0 Å². The lowest BCUT2D eigenvalue weighted by molar-refractivity contribution is -0.385. The van der Waals surface area contributed by atoms with Crippen LogP contribution in [0.1, 0.15) is 20.8 Å². The normalized spacial score (nSPS) is 10.7. The lowest BCUT2D eigenvalue weighted by Gasteiger charge is -2.09. The minimum Gasteiger partial charge on any atom is -0.490 e. The van der Waals surface area contributed by atoms with Crippen LogP contribution < -0.4 is 10.1 Å². The number of aromatic nitrogens is 2. The van der Waals surface area contributed by atoms with Crippen molar-refractivity contribution in [2.75, 3.05) is 19.0 Å². The molecule has 2 aromatic carbocycles. The number of nitro groups is 1. The molecular formula is C23H20N4O5S. The van der Waals surface area contributed by atoms with E-state index >= 15 is 0 Å². The van der Waals surface area contributed by atoms with Crippen LogP contribution in [0.5, 0.6) is 5.75 Å². The summed E-state index contributed by atoms with van der Waals surface area (Å²) in [4.78, 5) is 33.2. The van der Waals surface area contributed by atoms with Crippen LogP contribution in [0.3, 0.4) is 0 Å². The van der Waals surface area contributed by atoms with Gasteiger partial charge in [0.15, 0.2) is 5.75 Å². The zero-order chi connectivity index (χ0) is 23.4. The van der Waals surface area contributed by atoms with Gasteiger partial charge >= 0.3 is 11.7 Å². The highest BCUT2D eigenvalue weighted by Crippen LogP contribution is 2.36. The van der Waals surface area contributed by atoms with Crippen molar-refractivity contribution >= 4 is 44.7 Å². The Morgan fingerprint density at radius 2 is 1.97 bits per heavy atom. The third-order valence-corrected chi connectivity index (χ3v) is 6.20. The number of carbonyl (C=O) groups excluding carboxylic acids is 1. The van der Waals surface area contributed by atoms with Crippen LogP contribution >= 0.6 is 11.3 Å². The van der Waals surface area contributed by atoms with Crippen LogP contribution in [-0.4, -0.2) is 34.6 Å². The van der Waals surface area contributed by atoms with E-state index in [2.05, 4.69) is 15.3 Å². The van der Waals surface area contributed by atoms with Crippen LogP contribution in [0.25, 0.3) is 10.2 Å². The molecule has 0 spiro atoms. The molecule has 2 heterocycles. The first-order valence-corrected chi connectivity index (χ1v) is 10.8. The number of ether oxygens (including phenoxy) is 2. The minimum absolute atomic E-state index is 0.158. The summed E-state index contributed by atoms with van der Waals surface area (Å²) in [5, 5.41) is 15.1. The van der Waals surface area contributed by atoms with Gasteiger partial charge in [-0.3, -0.25) is 10.1 Å². The summed E-state index contributed by atoms with van der Waals surface area (Å²) in [5.74, 6) is 0.180. The van der Waals surface area contributed by atoms with Gasteiger partial charge in [0, 0.05) is 18.2 Å². The van der Waals surface area contributed by atoms with Gasteiger partial charge in [0.25, 0.3) is 0 Å². The maximum atomic E-state index is 12.7. The second-order valence-electron chi connectivity index (χ2n) is 7.10. The topological polar surface area (TPSA) is 116 Å². The van der Waals surface area contributed by atoms with Gasteiger partial charge in [-0.25, -0.2) is 14.8 Å². The molecule has 0 aliphatic heterocycles. The monoisotopic (exact) mass is 464 g/mol. The van der Waals surface area contributed by atoms with Gasteiger partial charge in [0.2, 0.25) is 0 Å². The summed E-state index contributed by atoms with van der Waals surface area (Å²) in [7, 11) is 1.37. The summed E-state index contributed by atoms with van der Waals surface area (Å²) < 4.78 is 10.5. The molecule has 0 atom stereocenters. The molecule has 0 amide bonds. The molecule has 9 nitrogen and oxygen atoms in total. The molecule has 0 saturated heterocycles. The number of fused-ring (bicyclic) bond motifs is 1. The summed E-state index contributed by atoms with van der Waals surface area (Å²) in [6.07, 6.45) is 2.00. The highest BCUT2D eigenvalue weighted by Gasteiger charge is 2.21. The van der Waals surface area contributed by atoms with Crippen molar-refractivity contribution in [3.8, 4) is 5.75 Å². The highest BCUT2D eigenvalue weighted by molar-refractivity contribution is 7.20. The number of aryl methyl sites for hydroxylation is 1. The molecule has 0 aliphatic carbocycles. The summed E-state index contributed by atoms with van der Waals surface area (Å²) >= 11 is 1.22. The van der Waals surface area contributed by atoms with Gasteiger partial charge in [-0.2, -0.15) is 0 Å². The van der Waals surface area contributed by atoms with E-state index in [1.54, 1.807) is 13.0 Å². The van der Waals surface area contributed by atoms with Crippen LogP contribution in [-0.2, 0) is 11.2 Å². The molecule has 2 aromatic heterocycles. The quantitative estimate of drug-likeness (QED) is 0.218. The van der Waals surface area contributed by atoms with Crippen LogP contribution in [0.4, 0.5) is 17.2 Å². The van der Waals surface area contributed by atoms with Gasteiger partial charge in [-0.1, -0.05) is 30.3 Å². The maximum Gasteiger partial charge on any atom is 0.348 e. The van der Waals surface area contributed by atoms with Crippen LogP contribution in [0.2, 0.25) is 0 Å². The minimum atomic E-state index is -0.515. The third kappa shape index (κ3) is 4.75. The first-order chi connectivity index (χ1) is 16.0. The van der Waals surface area contributed by atoms with Gasteiger partial charge in [-0.05, 0) is 30.2 Å². The average Bonchev–Trinajstić information content (AvgIpc) is 3.17. The van der Waals surface area contributed by atoms with E-state index in [-0.39, 0.29) is 18.0 Å². The fraction of sp³-hybridized carbons (Fsp3) is 0.174. The molecule has 0 radical (unpaired) electrons. The van der Waals surface area contributed by atoms with Crippen molar-refractivity contribution in [2.45, 2.75) is 13.3 Å². The number of methoxy groups -OCH3 is 1. The summed E-state index contributed by atoms with van der Waals surface area (Å²) in [6, 6.07) is 14.3. The average molecular weight is 465 g/mol. The van der Waals surface area contributed by atoms with Crippen molar-refractivity contribution in [3.63, 3.8) is 0 Å². The Labute approximate surface area is 193 Å². The van der Waals surface area contributed by atoms with Crippen LogP contribution in [0, 0.1) is 17.0 Å². The number of thiophene rings is 1. The van der Waals surface area contributed by atoms with Crippen molar-refractivity contribution in [1.29, 1.82) is 0 Å². The largest absolute Gasteiger partial charge is 0.490 e. The lowest BCUT2D eigenvalue weighted by atomic mass is 10.2. The first kappa shape index (κ1) is 22.2. The Kier molecular flexibility index (Phi) is 6.45. The van der Waals surface area contributed by atoms with E-state index < -0.39 is 10.9 Å². The van der Waals surface area contributed by atoms with Crippen molar-refractivity contribution in [1.82, 2.24) is 9.97 Å². The predicted molar refractivity (Wildman–Crippen MR) is 126 cm³/mol. The molecular weight excluding hydrogens is 444 g/mol. The summed E-state index contributed by atoms with van der Waals surface area (Å²) in [6.45, 7) is 2.07. The number of hydrogen-bond donors (Lipinski definition) is 1. The molecule has 168 valence electrons. The maximum absolute atomic E-state index is 12.7. The van der Waals surface area contributed by atoms with Crippen molar-refractivity contribution in [3.05, 3.63) is 81.0 Å². The zero-order valence-electron chi connectivity index (χ0n) is 17.9. The van der Waals surface area contributed by atoms with Gasteiger partial charge in [-0.15, -0.1) is 11.3 Å². The van der Waals surface area contributed by atoms with E-state index in [0.29, 0.717) is 38.6 Å². The third-order valence-electron chi connectivity index (χ3n) is 5.02. The number of nitro benzene ring substituents is 1. The Bertz CT molecular complexity index is 1320. The Balaban J connectivity index is 1.57. The van der Waals surface area contributed by atoms with E-state index in [1.165, 1.54) is 36.9 Å². The number of rotatable bonds is 8. The highest BCUT2D eigenvalue weighted by atomic mass is 32.1. The van der Waals surface area contributed by atoms with Gasteiger partial charge < -0.3 is 14.8 Å². The van der Waals surface area contributed by atoms with E-state index in [4.69, 9.17) is 9.47 Å². The Hall–Kier alpha value is -4.05. The SMILES string of the molecule is COc1ccc(Nc2ncnc3sc(C(=O)OCCc4ccccc4)c(C)c23)cc1[N+](=O)[O-]. The summed E-state index contributed by atoms with van der Waals surface area (Å²) in [5.41, 5.74) is 2.06. The van der Waals surface area contributed by atoms with Crippen LogP contribution in [0.15, 0.2) is 54.9 Å². The van der Waals surface area contributed by atoms with E-state index in [0.717, 1.165) is 5.56 Å². The number of hydrogen-bond acceptors (Lipinski definition) is 9. The number of anilines is 2. The lowest BCUT2D eigenvalue weighted by Crippen LogP contribution is -2.07. The predicted octanol–water partition coefficient (Wildman–Crippen LogP) is 5.06. The molecule has 0 bridgehead atoms. The first-order valence-electron chi connectivity index (χ1n) is 10.0. The molecule has 0 saturated carbocycles. The molecule has 1 N–H and O–H groups in total. The second-order valence-corrected chi connectivity index (χ2v) is 8.10.